The molecule has 5 heteroatoms. The van der Waals surface area contributed by atoms with Crippen LogP contribution in [0.4, 0.5) is 5.82 Å². The van der Waals surface area contributed by atoms with Crippen molar-refractivity contribution in [2.24, 2.45) is 0 Å². The van der Waals surface area contributed by atoms with Gasteiger partial charge in [-0.1, -0.05) is 38.1 Å². The van der Waals surface area contributed by atoms with Crippen LogP contribution in [0.5, 0.6) is 11.6 Å². The highest BCUT2D eigenvalue weighted by Crippen LogP contribution is 2.34. The van der Waals surface area contributed by atoms with Crippen molar-refractivity contribution in [3.05, 3.63) is 64.8 Å². The Morgan fingerprint density at radius 1 is 0.969 bits per heavy atom. The van der Waals surface area contributed by atoms with Crippen molar-refractivity contribution in [1.29, 1.82) is 0 Å². The summed E-state index contributed by atoms with van der Waals surface area (Å²) < 4.78 is 11.6. The lowest BCUT2D eigenvalue weighted by molar-refractivity contribution is 0.239. The highest BCUT2D eigenvalue weighted by atomic mass is 16.5. The van der Waals surface area contributed by atoms with E-state index in [9.17, 15) is 0 Å². The standard InChI is InChI=1S/C27H35N3O2/c1-8-20-12-10-13-21(9-2)27(20)23-16-24(32-18(3)4)22(19(5)28-23)17-30(6)25-14-11-15-26(29-25)31-7/h10-16,18H,8-9,17H2,1-7H3. The number of aromatic nitrogens is 2. The van der Waals surface area contributed by atoms with Gasteiger partial charge >= 0.3 is 0 Å². The number of ether oxygens (including phenoxy) is 2. The lowest BCUT2D eigenvalue weighted by Crippen LogP contribution is -2.20. The maximum atomic E-state index is 6.31. The van der Waals surface area contributed by atoms with E-state index >= 15 is 0 Å². The molecular formula is C27H35N3O2. The molecule has 3 rings (SSSR count). The van der Waals surface area contributed by atoms with Gasteiger partial charge in [-0.2, -0.15) is 4.98 Å². The number of pyridine rings is 2. The van der Waals surface area contributed by atoms with Gasteiger partial charge in [-0.15, -0.1) is 0 Å². The molecule has 0 saturated carbocycles. The Labute approximate surface area is 192 Å². The van der Waals surface area contributed by atoms with Gasteiger partial charge in [0.15, 0.2) is 0 Å². The maximum absolute atomic E-state index is 6.31. The fourth-order valence-corrected chi connectivity index (χ4v) is 3.97. The molecule has 0 radical (unpaired) electrons. The first-order chi connectivity index (χ1) is 15.4. The number of benzene rings is 1. The van der Waals surface area contributed by atoms with Crippen molar-refractivity contribution in [2.45, 2.75) is 60.1 Å². The summed E-state index contributed by atoms with van der Waals surface area (Å²) in [5.74, 6) is 2.32. The molecule has 0 unspecified atom stereocenters. The van der Waals surface area contributed by atoms with Crippen molar-refractivity contribution in [3.63, 3.8) is 0 Å². The molecule has 3 aromatic rings. The van der Waals surface area contributed by atoms with Gasteiger partial charge < -0.3 is 14.4 Å². The zero-order chi connectivity index (χ0) is 23.3. The van der Waals surface area contributed by atoms with E-state index in [0.717, 1.165) is 41.4 Å². The molecule has 0 aliphatic rings. The Hall–Kier alpha value is -3.08. The summed E-state index contributed by atoms with van der Waals surface area (Å²) in [7, 11) is 3.65. The number of hydrogen-bond acceptors (Lipinski definition) is 5. The molecule has 0 atom stereocenters. The Kier molecular flexibility index (Phi) is 7.73. The summed E-state index contributed by atoms with van der Waals surface area (Å²) in [5.41, 5.74) is 6.90. The lowest BCUT2D eigenvalue weighted by Gasteiger charge is -2.24. The fourth-order valence-electron chi connectivity index (χ4n) is 3.97. The summed E-state index contributed by atoms with van der Waals surface area (Å²) in [6.07, 6.45) is 2.00. The van der Waals surface area contributed by atoms with E-state index in [-0.39, 0.29) is 6.10 Å². The topological polar surface area (TPSA) is 47.5 Å². The lowest BCUT2D eigenvalue weighted by atomic mass is 9.94. The molecule has 1 aromatic carbocycles. The van der Waals surface area contributed by atoms with Gasteiger partial charge in [-0.05, 0) is 50.8 Å². The zero-order valence-electron chi connectivity index (χ0n) is 20.4. The second-order valence-corrected chi connectivity index (χ2v) is 8.29. The van der Waals surface area contributed by atoms with Crippen LogP contribution in [-0.2, 0) is 19.4 Å². The number of methoxy groups -OCH3 is 1. The van der Waals surface area contributed by atoms with Gasteiger partial charge in [0, 0.05) is 42.5 Å². The molecule has 0 aliphatic carbocycles. The molecule has 0 spiro atoms. The van der Waals surface area contributed by atoms with E-state index in [1.54, 1.807) is 7.11 Å². The summed E-state index contributed by atoms with van der Waals surface area (Å²) in [4.78, 5) is 11.7. The van der Waals surface area contributed by atoms with Crippen LogP contribution in [0.25, 0.3) is 11.3 Å². The monoisotopic (exact) mass is 433 g/mol. The van der Waals surface area contributed by atoms with Gasteiger partial charge in [0.2, 0.25) is 5.88 Å². The minimum absolute atomic E-state index is 0.0655. The normalized spacial score (nSPS) is 11.0. The molecule has 0 amide bonds. The molecule has 0 aliphatic heterocycles. The van der Waals surface area contributed by atoms with Gasteiger partial charge in [0.25, 0.3) is 0 Å². The fraction of sp³-hybridized carbons (Fsp3) is 0.407. The number of nitrogens with zero attached hydrogens (tertiary/aromatic N) is 3. The summed E-state index contributed by atoms with van der Waals surface area (Å²) in [6, 6.07) is 14.4. The molecule has 170 valence electrons. The SMILES string of the molecule is CCc1cccc(CC)c1-c1cc(OC(C)C)c(CN(C)c2cccc(OC)n2)c(C)n1. The number of hydrogen-bond donors (Lipinski definition) is 0. The number of rotatable bonds is 9. The van der Waals surface area contributed by atoms with Crippen LogP contribution < -0.4 is 14.4 Å². The molecule has 0 saturated heterocycles. The third kappa shape index (κ3) is 5.21. The van der Waals surface area contributed by atoms with E-state index in [0.29, 0.717) is 12.4 Å². The predicted molar refractivity (Wildman–Crippen MR) is 132 cm³/mol. The van der Waals surface area contributed by atoms with E-state index in [2.05, 4.69) is 68.8 Å². The van der Waals surface area contributed by atoms with Crippen molar-refractivity contribution in [1.82, 2.24) is 9.97 Å². The average Bonchev–Trinajstić information content (AvgIpc) is 2.79. The smallest absolute Gasteiger partial charge is 0.214 e. The molecule has 32 heavy (non-hydrogen) atoms. The molecule has 0 fully saturated rings. The van der Waals surface area contributed by atoms with Crippen LogP contribution in [0.15, 0.2) is 42.5 Å². The number of anilines is 1. The van der Waals surface area contributed by atoms with E-state index in [1.165, 1.54) is 16.7 Å². The van der Waals surface area contributed by atoms with Crippen LogP contribution in [0, 0.1) is 6.92 Å². The third-order valence-corrected chi connectivity index (χ3v) is 5.61. The third-order valence-electron chi connectivity index (χ3n) is 5.61. The van der Waals surface area contributed by atoms with Crippen LogP contribution in [0.3, 0.4) is 0 Å². The highest BCUT2D eigenvalue weighted by Gasteiger charge is 2.19. The van der Waals surface area contributed by atoms with Gasteiger partial charge in [-0.25, -0.2) is 0 Å². The molecule has 2 aromatic heterocycles. The molecule has 5 nitrogen and oxygen atoms in total. The maximum Gasteiger partial charge on any atom is 0.214 e. The Bertz CT molecular complexity index is 1040. The van der Waals surface area contributed by atoms with Crippen molar-refractivity contribution in [3.8, 4) is 22.9 Å². The Morgan fingerprint density at radius 3 is 2.22 bits per heavy atom. The minimum atomic E-state index is 0.0655. The highest BCUT2D eigenvalue weighted by molar-refractivity contribution is 5.70. The van der Waals surface area contributed by atoms with E-state index < -0.39 is 0 Å². The van der Waals surface area contributed by atoms with Crippen LogP contribution in [-0.4, -0.2) is 30.2 Å². The quantitative estimate of drug-likeness (QED) is 0.414. The first kappa shape index (κ1) is 23.6. The van der Waals surface area contributed by atoms with E-state index in [1.807, 2.05) is 25.2 Å². The molecule has 0 bridgehead atoms. The van der Waals surface area contributed by atoms with E-state index in [4.69, 9.17) is 14.5 Å². The molecule has 2 heterocycles. The molecule has 0 N–H and O–H groups in total. The summed E-state index contributed by atoms with van der Waals surface area (Å²) in [5, 5.41) is 0. The van der Waals surface area contributed by atoms with Crippen LogP contribution in [0.1, 0.15) is 50.1 Å². The van der Waals surface area contributed by atoms with Crippen LogP contribution in [0.2, 0.25) is 0 Å². The first-order valence-corrected chi connectivity index (χ1v) is 11.4. The van der Waals surface area contributed by atoms with Crippen molar-refractivity contribution < 1.29 is 9.47 Å². The average molecular weight is 434 g/mol. The second kappa shape index (κ2) is 10.5. The van der Waals surface area contributed by atoms with Crippen LogP contribution >= 0.6 is 0 Å². The number of aryl methyl sites for hydroxylation is 3. The summed E-state index contributed by atoms with van der Waals surface area (Å²) >= 11 is 0. The van der Waals surface area contributed by atoms with Gasteiger partial charge in [-0.3, -0.25) is 4.98 Å². The Morgan fingerprint density at radius 2 is 1.62 bits per heavy atom. The first-order valence-electron chi connectivity index (χ1n) is 11.4. The summed E-state index contributed by atoms with van der Waals surface area (Å²) in [6.45, 7) is 11.2. The largest absolute Gasteiger partial charge is 0.491 e. The predicted octanol–water partition coefficient (Wildman–Crippen LogP) is 6.01. The second-order valence-electron chi connectivity index (χ2n) is 8.29. The Balaban J connectivity index is 2.07. The van der Waals surface area contributed by atoms with Gasteiger partial charge in [0.05, 0.1) is 18.9 Å². The van der Waals surface area contributed by atoms with Crippen molar-refractivity contribution >= 4 is 5.82 Å². The molecular weight excluding hydrogens is 398 g/mol. The minimum Gasteiger partial charge on any atom is -0.491 e. The van der Waals surface area contributed by atoms with Crippen molar-refractivity contribution in [2.75, 3.05) is 19.1 Å². The van der Waals surface area contributed by atoms with Gasteiger partial charge in [0.1, 0.15) is 11.6 Å². The zero-order valence-corrected chi connectivity index (χ0v) is 20.4.